The minimum Gasteiger partial charge on any atom is -0.265 e. The third-order valence-electron chi connectivity index (χ3n) is 3.69. The maximum Gasteiger partial charge on any atom is 0.209 e. The highest BCUT2D eigenvalue weighted by atomic mass is 32.2. The van der Waals surface area contributed by atoms with E-state index in [-0.39, 0.29) is 24.1 Å². The van der Waals surface area contributed by atoms with Crippen molar-refractivity contribution in [3.63, 3.8) is 0 Å². The smallest absolute Gasteiger partial charge is 0.209 e. The van der Waals surface area contributed by atoms with E-state index >= 15 is 0 Å². The van der Waals surface area contributed by atoms with Crippen LogP contribution in [-0.4, -0.2) is 54.3 Å². The van der Waals surface area contributed by atoms with Gasteiger partial charge in [0.25, 0.3) is 0 Å². The second kappa shape index (κ2) is 6.22. The maximum absolute atomic E-state index is 11.7. The van der Waals surface area contributed by atoms with Crippen molar-refractivity contribution < 1.29 is 16.8 Å². The van der Waals surface area contributed by atoms with Gasteiger partial charge < -0.3 is 0 Å². The fourth-order valence-corrected chi connectivity index (χ4v) is 4.64. The first kappa shape index (κ1) is 17.0. The molecule has 0 radical (unpaired) electrons. The first-order valence-electron chi connectivity index (χ1n) is 7.24. The number of nitrogens with one attached hydrogen (secondary N) is 1. The number of hydrogen-bond acceptors (Lipinski definition) is 7. The van der Waals surface area contributed by atoms with Crippen molar-refractivity contribution in [3.8, 4) is 11.4 Å². The average Bonchev–Trinajstić information content (AvgIpc) is 3.08. The zero-order chi connectivity index (χ0) is 17.4. The number of nitrogens with zero attached hydrogens (tertiary/aromatic N) is 4. The molecule has 2 aromatic heterocycles. The summed E-state index contributed by atoms with van der Waals surface area (Å²) in [6.45, 7) is -0.0482. The van der Waals surface area contributed by atoms with Crippen LogP contribution in [0.1, 0.15) is 18.3 Å². The molecule has 1 N–H and O–H groups in total. The normalized spacial score (nSPS) is 20.3. The summed E-state index contributed by atoms with van der Waals surface area (Å²) in [6.07, 6.45) is 4.69. The standard InChI is InChI=1S/C13H17N5O4S2/c1-23(19,20)15-8-12-16-13(10-2-5-14-6-3-10)17-18(12)11-4-7-24(21,22)9-11/h2-3,5-6,11,15H,4,7-9H2,1H3/t11-/m1/s1. The summed E-state index contributed by atoms with van der Waals surface area (Å²) in [5.41, 5.74) is 0.727. The zero-order valence-corrected chi connectivity index (χ0v) is 14.6. The van der Waals surface area contributed by atoms with Gasteiger partial charge in [-0.1, -0.05) is 0 Å². The molecule has 9 nitrogen and oxygen atoms in total. The molecule has 0 bridgehead atoms. The summed E-state index contributed by atoms with van der Waals surface area (Å²) in [7, 11) is -6.50. The van der Waals surface area contributed by atoms with Crippen molar-refractivity contribution in [2.45, 2.75) is 19.0 Å². The molecule has 1 saturated heterocycles. The van der Waals surface area contributed by atoms with Crippen LogP contribution in [0.5, 0.6) is 0 Å². The average molecular weight is 371 g/mol. The van der Waals surface area contributed by atoms with Crippen LogP contribution in [0.3, 0.4) is 0 Å². The molecule has 1 fully saturated rings. The van der Waals surface area contributed by atoms with Crippen LogP contribution in [-0.2, 0) is 26.4 Å². The van der Waals surface area contributed by atoms with E-state index in [1.54, 1.807) is 24.5 Å². The topological polar surface area (TPSA) is 124 Å². The van der Waals surface area contributed by atoms with Gasteiger partial charge in [0.05, 0.1) is 30.3 Å². The third-order valence-corrected chi connectivity index (χ3v) is 6.11. The highest BCUT2D eigenvalue weighted by Gasteiger charge is 2.32. The van der Waals surface area contributed by atoms with Crippen molar-refractivity contribution in [1.29, 1.82) is 0 Å². The lowest BCUT2D eigenvalue weighted by molar-refractivity contribution is 0.473. The van der Waals surface area contributed by atoms with Gasteiger partial charge in [0.2, 0.25) is 10.0 Å². The van der Waals surface area contributed by atoms with Gasteiger partial charge in [-0.3, -0.25) is 4.98 Å². The first-order chi connectivity index (χ1) is 11.2. The van der Waals surface area contributed by atoms with E-state index in [0.717, 1.165) is 11.8 Å². The van der Waals surface area contributed by atoms with E-state index in [0.29, 0.717) is 18.1 Å². The van der Waals surface area contributed by atoms with Gasteiger partial charge in [-0.05, 0) is 18.6 Å². The van der Waals surface area contributed by atoms with Gasteiger partial charge in [-0.25, -0.2) is 31.2 Å². The van der Waals surface area contributed by atoms with Crippen LogP contribution in [0.4, 0.5) is 0 Å². The predicted molar refractivity (Wildman–Crippen MR) is 87.2 cm³/mol. The Bertz CT molecular complexity index is 938. The molecule has 1 atom stereocenters. The number of pyridine rings is 1. The zero-order valence-electron chi connectivity index (χ0n) is 13.0. The molecule has 0 aromatic carbocycles. The quantitative estimate of drug-likeness (QED) is 0.768. The van der Waals surface area contributed by atoms with Crippen LogP contribution >= 0.6 is 0 Å². The lowest BCUT2D eigenvalue weighted by Gasteiger charge is -2.11. The minimum atomic E-state index is -3.40. The number of rotatable bonds is 5. The number of sulfone groups is 1. The molecule has 1 aliphatic rings. The summed E-state index contributed by atoms with van der Waals surface area (Å²) in [5, 5.41) is 4.41. The minimum absolute atomic E-state index is 0.0159. The van der Waals surface area contributed by atoms with Crippen molar-refractivity contribution in [1.82, 2.24) is 24.5 Å². The fourth-order valence-electron chi connectivity index (χ4n) is 2.56. The summed E-state index contributed by atoms with van der Waals surface area (Å²) in [5.74, 6) is 0.875. The highest BCUT2D eigenvalue weighted by Crippen LogP contribution is 2.26. The Kier molecular flexibility index (Phi) is 4.40. The summed E-state index contributed by atoms with van der Waals surface area (Å²) in [4.78, 5) is 8.31. The molecule has 24 heavy (non-hydrogen) atoms. The SMILES string of the molecule is CS(=O)(=O)NCc1nc(-c2ccncc2)nn1[C@@H]1CCS(=O)(=O)C1. The van der Waals surface area contributed by atoms with Crippen molar-refractivity contribution >= 4 is 19.9 Å². The monoisotopic (exact) mass is 371 g/mol. The van der Waals surface area contributed by atoms with E-state index in [4.69, 9.17) is 0 Å². The molecular formula is C13H17N5O4S2. The van der Waals surface area contributed by atoms with Crippen LogP contribution in [0.25, 0.3) is 11.4 Å². The van der Waals surface area contributed by atoms with E-state index in [2.05, 4.69) is 19.8 Å². The Morgan fingerprint density at radius 3 is 2.62 bits per heavy atom. The Morgan fingerprint density at radius 1 is 1.33 bits per heavy atom. The molecule has 3 heterocycles. The van der Waals surface area contributed by atoms with Crippen molar-refractivity contribution in [3.05, 3.63) is 30.4 Å². The first-order valence-corrected chi connectivity index (χ1v) is 11.0. The summed E-state index contributed by atoms with van der Waals surface area (Å²) < 4.78 is 50.1. The molecule has 0 spiro atoms. The summed E-state index contributed by atoms with van der Waals surface area (Å²) >= 11 is 0. The Morgan fingerprint density at radius 2 is 2.04 bits per heavy atom. The molecule has 0 saturated carbocycles. The van der Waals surface area contributed by atoms with Gasteiger partial charge in [0.15, 0.2) is 15.7 Å². The molecule has 2 aromatic rings. The van der Waals surface area contributed by atoms with Crippen molar-refractivity contribution in [2.75, 3.05) is 17.8 Å². The Labute approximate surface area is 140 Å². The largest absolute Gasteiger partial charge is 0.265 e. The van der Waals surface area contributed by atoms with Crippen LogP contribution in [0.2, 0.25) is 0 Å². The second-order valence-corrected chi connectivity index (χ2v) is 9.74. The Balaban J connectivity index is 1.97. The van der Waals surface area contributed by atoms with Gasteiger partial charge in [-0.15, -0.1) is 0 Å². The second-order valence-electron chi connectivity index (χ2n) is 5.68. The molecule has 3 rings (SSSR count). The number of aromatic nitrogens is 4. The number of hydrogen-bond donors (Lipinski definition) is 1. The van der Waals surface area contributed by atoms with E-state index in [1.165, 1.54) is 4.68 Å². The van der Waals surface area contributed by atoms with Gasteiger partial charge in [0.1, 0.15) is 5.82 Å². The van der Waals surface area contributed by atoms with Gasteiger partial charge in [0, 0.05) is 18.0 Å². The van der Waals surface area contributed by atoms with Gasteiger partial charge in [-0.2, -0.15) is 5.10 Å². The van der Waals surface area contributed by atoms with Gasteiger partial charge >= 0.3 is 0 Å². The predicted octanol–water partition coefficient (Wildman–Crippen LogP) is -0.251. The third kappa shape index (κ3) is 3.97. The van der Waals surface area contributed by atoms with E-state index in [1.807, 2.05) is 0 Å². The maximum atomic E-state index is 11.7. The number of sulfonamides is 1. The molecule has 1 aliphatic heterocycles. The van der Waals surface area contributed by atoms with Crippen LogP contribution in [0, 0.1) is 0 Å². The van der Waals surface area contributed by atoms with Crippen LogP contribution < -0.4 is 4.72 Å². The molecule has 0 aliphatic carbocycles. The summed E-state index contributed by atoms with van der Waals surface area (Å²) in [6, 6.07) is 3.13. The highest BCUT2D eigenvalue weighted by molar-refractivity contribution is 7.91. The van der Waals surface area contributed by atoms with Crippen LogP contribution in [0.15, 0.2) is 24.5 Å². The van der Waals surface area contributed by atoms with Crippen molar-refractivity contribution in [2.24, 2.45) is 0 Å². The van der Waals surface area contributed by atoms with E-state index in [9.17, 15) is 16.8 Å². The molecular weight excluding hydrogens is 354 g/mol. The molecule has 11 heteroatoms. The molecule has 0 unspecified atom stereocenters. The fraction of sp³-hybridized carbons (Fsp3) is 0.462. The molecule has 130 valence electrons. The lowest BCUT2D eigenvalue weighted by atomic mass is 10.2. The Hall–Kier alpha value is -1.85. The lowest BCUT2D eigenvalue weighted by Crippen LogP contribution is -2.25. The molecule has 0 amide bonds. The van der Waals surface area contributed by atoms with E-state index < -0.39 is 19.9 Å².